The molecule has 1 saturated carbocycles. The Morgan fingerprint density at radius 1 is 1.06 bits per heavy atom. The van der Waals surface area contributed by atoms with Gasteiger partial charge in [0.2, 0.25) is 0 Å². The van der Waals surface area contributed by atoms with Gasteiger partial charge in [-0.1, -0.05) is 0 Å². The average molecular weight is 223 g/mol. The third-order valence-electron chi connectivity index (χ3n) is 4.64. The van der Waals surface area contributed by atoms with Crippen LogP contribution in [0.25, 0.3) is 0 Å². The molecule has 3 atom stereocenters. The van der Waals surface area contributed by atoms with Gasteiger partial charge >= 0.3 is 0 Å². The largest absolute Gasteiger partial charge is 0.309 e. The zero-order chi connectivity index (χ0) is 11.1. The smallest absolute Gasteiger partial charge is 0.0212 e. The average Bonchev–Trinajstić information content (AvgIpc) is 2.92. The monoisotopic (exact) mass is 223 g/mol. The van der Waals surface area contributed by atoms with Crippen LogP contribution in [-0.4, -0.2) is 60.6 Å². The van der Waals surface area contributed by atoms with Crippen molar-refractivity contribution in [3.05, 3.63) is 0 Å². The number of nitrogens with one attached hydrogen (secondary N) is 1. The molecule has 2 heterocycles. The van der Waals surface area contributed by atoms with Crippen molar-refractivity contribution in [1.29, 1.82) is 0 Å². The summed E-state index contributed by atoms with van der Waals surface area (Å²) in [5, 5.41) is 3.87. The number of rotatable bonds is 3. The molecule has 1 N–H and O–H groups in total. The van der Waals surface area contributed by atoms with Crippen LogP contribution in [0.3, 0.4) is 0 Å². The van der Waals surface area contributed by atoms with Gasteiger partial charge < -0.3 is 10.2 Å². The van der Waals surface area contributed by atoms with E-state index in [1.54, 1.807) is 0 Å². The van der Waals surface area contributed by atoms with Gasteiger partial charge in [0.05, 0.1) is 0 Å². The summed E-state index contributed by atoms with van der Waals surface area (Å²) in [6, 6.07) is 3.23. The minimum absolute atomic E-state index is 0.740. The molecule has 3 nitrogen and oxygen atoms in total. The summed E-state index contributed by atoms with van der Waals surface area (Å²) in [5.74, 6) is 0. The standard InChI is InChI=1S/C13H25N3/c1-10-7-12(8-15(10)2)14-11-5-6-16(9-11)13-3-4-13/h10-14H,3-9H2,1-2H3. The molecule has 3 unspecified atom stereocenters. The van der Waals surface area contributed by atoms with Crippen molar-refractivity contribution in [2.75, 3.05) is 26.7 Å². The molecule has 3 fully saturated rings. The Morgan fingerprint density at radius 2 is 1.88 bits per heavy atom. The van der Waals surface area contributed by atoms with Gasteiger partial charge in [-0.2, -0.15) is 0 Å². The number of hydrogen-bond acceptors (Lipinski definition) is 3. The van der Waals surface area contributed by atoms with E-state index in [1.165, 1.54) is 45.3 Å². The molecule has 16 heavy (non-hydrogen) atoms. The molecule has 2 saturated heterocycles. The highest BCUT2D eigenvalue weighted by molar-refractivity contribution is 4.94. The van der Waals surface area contributed by atoms with Crippen molar-refractivity contribution < 1.29 is 0 Å². The highest BCUT2D eigenvalue weighted by atomic mass is 15.3. The molecule has 3 aliphatic rings. The van der Waals surface area contributed by atoms with Crippen molar-refractivity contribution in [3.63, 3.8) is 0 Å². The summed E-state index contributed by atoms with van der Waals surface area (Å²) < 4.78 is 0. The van der Waals surface area contributed by atoms with Crippen LogP contribution >= 0.6 is 0 Å². The maximum Gasteiger partial charge on any atom is 0.0212 e. The molecule has 0 radical (unpaired) electrons. The van der Waals surface area contributed by atoms with Crippen LogP contribution in [0.15, 0.2) is 0 Å². The van der Waals surface area contributed by atoms with Crippen LogP contribution in [0, 0.1) is 0 Å². The summed E-state index contributed by atoms with van der Waals surface area (Å²) in [4.78, 5) is 5.17. The summed E-state index contributed by atoms with van der Waals surface area (Å²) in [6.07, 6.45) is 5.60. The summed E-state index contributed by atoms with van der Waals surface area (Å²) in [5.41, 5.74) is 0. The predicted molar refractivity (Wildman–Crippen MR) is 66.6 cm³/mol. The van der Waals surface area contributed by atoms with E-state index in [9.17, 15) is 0 Å². The normalized spacial score (nSPS) is 42.0. The quantitative estimate of drug-likeness (QED) is 0.767. The van der Waals surface area contributed by atoms with Crippen molar-refractivity contribution in [2.45, 2.75) is 56.8 Å². The fraction of sp³-hybridized carbons (Fsp3) is 1.00. The second-order valence-electron chi connectivity index (χ2n) is 6.10. The first-order valence-electron chi connectivity index (χ1n) is 6.92. The van der Waals surface area contributed by atoms with Crippen LogP contribution in [0.2, 0.25) is 0 Å². The zero-order valence-electron chi connectivity index (χ0n) is 10.7. The first kappa shape index (κ1) is 11.0. The highest BCUT2D eigenvalue weighted by Gasteiger charge is 2.36. The summed E-state index contributed by atoms with van der Waals surface area (Å²) in [6.45, 7) is 6.22. The lowest BCUT2D eigenvalue weighted by Gasteiger charge is -2.19. The minimum atomic E-state index is 0.740. The molecule has 0 aromatic rings. The van der Waals surface area contributed by atoms with Crippen LogP contribution in [-0.2, 0) is 0 Å². The van der Waals surface area contributed by atoms with Crippen molar-refractivity contribution in [2.24, 2.45) is 0 Å². The lowest BCUT2D eigenvalue weighted by molar-refractivity contribution is 0.307. The van der Waals surface area contributed by atoms with E-state index in [2.05, 4.69) is 29.1 Å². The van der Waals surface area contributed by atoms with Gasteiger partial charge in [0.25, 0.3) is 0 Å². The minimum Gasteiger partial charge on any atom is -0.309 e. The van der Waals surface area contributed by atoms with Crippen molar-refractivity contribution in [3.8, 4) is 0 Å². The number of nitrogens with zero attached hydrogens (tertiary/aromatic N) is 2. The Hall–Kier alpha value is -0.120. The van der Waals surface area contributed by atoms with Crippen LogP contribution in [0.5, 0.6) is 0 Å². The fourth-order valence-electron chi connectivity index (χ4n) is 3.34. The molecule has 3 heteroatoms. The van der Waals surface area contributed by atoms with E-state index in [1.807, 2.05) is 0 Å². The van der Waals surface area contributed by atoms with Crippen molar-refractivity contribution >= 4 is 0 Å². The molecule has 0 amide bonds. The van der Waals surface area contributed by atoms with Gasteiger partial charge in [-0.15, -0.1) is 0 Å². The molecule has 0 aromatic carbocycles. The van der Waals surface area contributed by atoms with E-state index in [0.717, 1.165) is 24.2 Å². The fourth-order valence-corrected chi connectivity index (χ4v) is 3.34. The van der Waals surface area contributed by atoms with E-state index in [4.69, 9.17) is 0 Å². The Bertz CT molecular complexity index is 242. The molecular weight excluding hydrogens is 198 g/mol. The first-order valence-corrected chi connectivity index (χ1v) is 6.92. The maximum atomic E-state index is 3.87. The van der Waals surface area contributed by atoms with Gasteiger partial charge in [0.15, 0.2) is 0 Å². The molecule has 0 spiro atoms. The molecule has 3 rings (SSSR count). The maximum absolute atomic E-state index is 3.87. The highest BCUT2D eigenvalue weighted by Crippen LogP contribution is 2.30. The Kier molecular flexibility index (Phi) is 2.94. The Morgan fingerprint density at radius 3 is 2.50 bits per heavy atom. The van der Waals surface area contributed by atoms with Gasteiger partial charge in [0, 0.05) is 43.8 Å². The first-order chi connectivity index (χ1) is 7.72. The molecule has 1 aliphatic carbocycles. The molecular formula is C13H25N3. The predicted octanol–water partition coefficient (Wildman–Crippen LogP) is 0.905. The topological polar surface area (TPSA) is 18.5 Å². The second-order valence-corrected chi connectivity index (χ2v) is 6.10. The van der Waals surface area contributed by atoms with E-state index < -0.39 is 0 Å². The zero-order valence-corrected chi connectivity index (χ0v) is 10.7. The van der Waals surface area contributed by atoms with E-state index in [0.29, 0.717) is 0 Å². The summed E-state index contributed by atoms with van der Waals surface area (Å²) in [7, 11) is 2.25. The van der Waals surface area contributed by atoms with E-state index in [-0.39, 0.29) is 0 Å². The number of likely N-dealkylation sites (N-methyl/N-ethyl adjacent to an activating group) is 1. The number of likely N-dealkylation sites (tertiary alicyclic amines) is 2. The Labute approximate surface area is 99.2 Å². The van der Waals surface area contributed by atoms with E-state index >= 15 is 0 Å². The van der Waals surface area contributed by atoms with Gasteiger partial charge in [-0.25, -0.2) is 0 Å². The molecule has 0 aromatic heterocycles. The third kappa shape index (κ3) is 2.27. The SMILES string of the molecule is CC1CC(NC2CCN(C3CC3)C2)CN1C. The Balaban J connectivity index is 1.45. The van der Waals surface area contributed by atoms with Crippen LogP contribution in [0.4, 0.5) is 0 Å². The third-order valence-corrected chi connectivity index (χ3v) is 4.64. The van der Waals surface area contributed by atoms with Gasteiger partial charge in [-0.05, 0) is 39.7 Å². The molecule has 2 aliphatic heterocycles. The lowest BCUT2D eigenvalue weighted by Crippen LogP contribution is -2.41. The van der Waals surface area contributed by atoms with Gasteiger partial charge in [-0.3, -0.25) is 4.90 Å². The summed E-state index contributed by atoms with van der Waals surface area (Å²) >= 11 is 0. The van der Waals surface area contributed by atoms with Crippen molar-refractivity contribution in [1.82, 2.24) is 15.1 Å². The van der Waals surface area contributed by atoms with Crippen LogP contribution in [0.1, 0.15) is 32.6 Å². The molecule has 92 valence electrons. The lowest BCUT2D eigenvalue weighted by atomic mass is 10.1. The molecule has 0 bridgehead atoms. The van der Waals surface area contributed by atoms with Gasteiger partial charge in [0.1, 0.15) is 0 Å². The van der Waals surface area contributed by atoms with Crippen LogP contribution < -0.4 is 5.32 Å². The second kappa shape index (κ2) is 4.28. The number of hydrogen-bond donors (Lipinski definition) is 1.